The van der Waals surface area contributed by atoms with E-state index in [0.29, 0.717) is 5.41 Å². The summed E-state index contributed by atoms with van der Waals surface area (Å²) in [6.45, 7) is 7.33. The van der Waals surface area contributed by atoms with Gasteiger partial charge in [-0.05, 0) is 30.0 Å². The zero-order chi connectivity index (χ0) is 13.3. The summed E-state index contributed by atoms with van der Waals surface area (Å²) in [4.78, 5) is 12.7. The van der Waals surface area contributed by atoms with Crippen LogP contribution in [-0.4, -0.2) is 22.9 Å². The summed E-state index contributed by atoms with van der Waals surface area (Å²) >= 11 is 0. The van der Waals surface area contributed by atoms with Gasteiger partial charge in [0, 0.05) is 19.2 Å². The zero-order valence-electron chi connectivity index (χ0n) is 10.8. The van der Waals surface area contributed by atoms with Crippen LogP contribution in [0.2, 0.25) is 0 Å². The van der Waals surface area contributed by atoms with Crippen molar-refractivity contribution in [3.8, 4) is 0 Å². The summed E-state index contributed by atoms with van der Waals surface area (Å²) in [6, 6.07) is 5.07. The quantitative estimate of drug-likeness (QED) is 0.507. The van der Waals surface area contributed by atoms with Crippen LogP contribution in [0.3, 0.4) is 0 Å². The standard InChI is InChI=1S/C13H19N3O2/c1-13(2)5-6-15(9-13)8-10-3-4-11(14)12(7-10)16(17)18/h3-4,7H,5-6,8-9,14H2,1-2H3. The number of rotatable bonds is 3. The van der Waals surface area contributed by atoms with Crippen LogP contribution < -0.4 is 5.73 Å². The van der Waals surface area contributed by atoms with Crippen molar-refractivity contribution in [3.05, 3.63) is 33.9 Å². The Labute approximate surface area is 107 Å². The first-order valence-electron chi connectivity index (χ1n) is 6.12. The molecule has 5 heteroatoms. The highest BCUT2D eigenvalue weighted by molar-refractivity contribution is 5.59. The van der Waals surface area contributed by atoms with Gasteiger partial charge >= 0.3 is 0 Å². The number of nitrogens with zero attached hydrogens (tertiary/aromatic N) is 2. The molecule has 1 saturated heterocycles. The van der Waals surface area contributed by atoms with Crippen LogP contribution in [0, 0.1) is 15.5 Å². The topological polar surface area (TPSA) is 72.4 Å². The van der Waals surface area contributed by atoms with E-state index in [4.69, 9.17) is 5.73 Å². The second-order valence-corrected chi connectivity index (χ2v) is 5.78. The van der Waals surface area contributed by atoms with Crippen molar-refractivity contribution in [3.63, 3.8) is 0 Å². The van der Waals surface area contributed by atoms with Crippen LogP contribution >= 0.6 is 0 Å². The highest BCUT2D eigenvalue weighted by atomic mass is 16.6. The third kappa shape index (κ3) is 2.79. The van der Waals surface area contributed by atoms with Gasteiger partial charge in [-0.15, -0.1) is 0 Å². The number of nitrogens with two attached hydrogens (primary N) is 1. The average molecular weight is 249 g/mol. The molecule has 2 N–H and O–H groups in total. The lowest BCUT2D eigenvalue weighted by Crippen LogP contribution is -2.22. The highest BCUT2D eigenvalue weighted by Crippen LogP contribution is 2.30. The van der Waals surface area contributed by atoms with Gasteiger partial charge in [-0.3, -0.25) is 15.0 Å². The first kappa shape index (κ1) is 12.8. The molecule has 0 amide bonds. The summed E-state index contributed by atoms with van der Waals surface area (Å²) in [6.07, 6.45) is 1.17. The molecule has 1 aromatic carbocycles. The number of benzene rings is 1. The summed E-state index contributed by atoms with van der Waals surface area (Å²) in [5.41, 5.74) is 7.12. The van der Waals surface area contributed by atoms with Gasteiger partial charge in [-0.25, -0.2) is 0 Å². The number of nitrogen functional groups attached to an aromatic ring is 1. The average Bonchev–Trinajstić information content (AvgIpc) is 2.60. The minimum absolute atomic E-state index is 0.00552. The van der Waals surface area contributed by atoms with Gasteiger partial charge in [0.2, 0.25) is 0 Å². The second-order valence-electron chi connectivity index (χ2n) is 5.78. The SMILES string of the molecule is CC1(C)CCN(Cc2ccc(N)c([N+](=O)[O-])c2)C1. The van der Waals surface area contributed by atoms with Gasteiger partial charge in [0.25, 0.3) is 5.69 Å². The molecule has 0 atom stereocenters. The molecule has 1 heterocycles. The maximum atomic E-state index is 10.8. The molecule has 2 rings (SSSR count). The molecule has 1 fully saturated rings. The predicted octanol–water partition coefficient (Wildman–Crippen LogP) is 2.41. The molecule has 0 radical (unpaired) electrons. The molecular weight excluding hydrogens is 230 g/mol. The third-order valence-corrected chi connectivity index (χ3v) is 3.45. The molecule has 98 valence electrons. The van der Waals surface area contributed by atoms with Crippen molar-refractivity contribution in [2.24, 2.45) is 5.41 Å². The number of anilines is 1. The van der Waals surface area contributed by atoms with Crippen LogP contribution in [0.5, 0.6) is 0 Å². The lowest BCUT2D eigenvalue weighted by atomic mass is 9.93. The third-order valence-electron chi connectivity index (χ3n) is 3.45. The Balaban J connectivity index is 2.11. The normalized spacial score (nSPS) is 19.0. The van der Waals surface area contributed by atoms with Crippen LogP contribution in [0.1, 0.15) is 25.8 Å². The van der Waals surface area contributed by atoms with E-state index < -0.39 is 4.92 Å². The fourth-order valence-corrected chi connectivity index (χ4v) is 2.46. The largest absolute Gasteiger partial charge is 0.393 e. The van der Waals surface area contributed by atoms with Crippen LogP contribution in [0.15, 0.2) is 18.2 Å². The molecule has 1 aliphatic rings. The van der Waals surface area contributed by atoms with E-state index in [2.05, 4.69) is 18.7 Å². The minimum Gasteiger partial charge on any atom is -0.393 e. The molecule has 0 aliphatic carbocycles. The lowest BCUT2D eigenvalue weighted by Gasteiger charge is -2.19. The summed E-state index contributed by atoms with van der Waals surface area (Å²) in [5, 5.41) is 10.8. The van der Waals surface area contributed by atoms with Gasteiger partial charge in [0.15, 0.2) is 0 Å². The van der Waals surface area contributed by atoms with E-state index in [-0.39, 0.29) is 11.4 Å². The molecule has 1 aliphatic heterocycles. The van der Waals surface area contributed by atoms with Gasteiger partial charge in [-0.2, -0.15) is 0 Å². The fraction of sp³-hybridized carbons (Fsp3) is 0.538. The van der Waals surface area contributed by atoms with Gasteiger partial charge in [-0.1, -0.05) is 19.9 Å². The van der Waals surface area contributed by atoms with Crippen molar-refractivity contribution in [1.82, 2.24) is 4.90 Å². The first-order chi connectivity index (χ1) is 8.37. The molecule has 0 saturated carbocycles. The highest BCUT2D eigenvalue weighted by Gasteiger charge is 2.29. The molecule has 0 unspecified atom stereocenters. The van der Waals surface area contributed by atoms with E-state index >= 15 is 0 Å². The Morgan fingerprint density at radius 1 is 1.50 bits per heavy atom. The van der Waals surface area contributed by atoms with Crippen molar-refractivity contribution in [1.29, 1.82) is 0 Å². The Kier molecular flexibility index (Phi) is 3.26. The molecule has 0 bridgehead atoms. The molecule has 18 heavy (non-hydrogen) atoms. The Hall–Kier alpha value is -1.62. The van der Waals surface area contributed by atoms with Crippen LogP contribution in [0.4, 0.5) is 11.4 Å². The number of nitro benzene ring substituents is 1. The number of nitro groups is 1. The molecule has 0 spiro atoms. The molecule has 5 nitrogen and oxygen atoms in total. The molecule has 1 aromatic rings. The summed E-state index contributed by atoms with van der Waals surface area (Å²) < 4.78 is 0. The van der Waals surface area contributed by atoms with E-state index in [1.165, 1.54) is 6.42 Å². The monoisotopic (exact) mass is 249 g/mol. The van der Waals surface area contributed by atoms with Crippen LogP contribution in [-0.2, 0) is 6.54 Å². The van der Waals surface area contributed by atoms with Crippen LogP contribution in [0.25, 0.3) is 0 Å². The van der Waals surface area contributed by atoms with Crippen molar-refractivity contribution < 1.29 is 4.92 Å². The van der Waals surface area contributed by atoms with Crippen molar-refractivity contribution in [2.45, 2.75) is 26.8 Å². The van der Waals surface area contributed by atoms with Gasteiger partial charge in [0.1, 0.15) is 5.69 Å². The maximum Gasteiger partial charge on any atom is 0.292 e. The molecule has 0 aromatic heterocycles. The van der Waals surface area contributed by atoms with Crippen molar-refractivity contribution in [2.75, 3.05) is 18.8 Å². The Morgan fingerprint density at radius 3 is 2.78 bits per heavy atom. The van der Waals surface area contributed by atoms with E-state index in [9.17, 15) is 10.1 Å². The van der Waals surface area contributed by atoms with Gasteiger partial charge < -0.3 is 5.73 Å². The summed E-state index contributed by atoms with van der Waals surface area (Å²) in [5.74, 6) is 0. The predicted molar refractivity (Wildman–Crippen MR) is 71.2 cm³/mol. The van der Waals surface area contributed by atoms with E-state index in [0.717, 1.165) is 25.2 Å². The Morgan fingerprint density at radius 2 is 2.22 bits per heavy atom. The summed E-state index contributed by atoms with van der Waals surface area (Å²) in [7, 11) is 0. The van der Waals surface area contributed by atoms with Gasteiger partial charge in [0.05, 0.1) is 4.92 Å². The minimum atomic E-state index is -0.424. The lowest BCUT2D eigenvalue weighted by molar-refractivity contribution is -0.384. The van der Waals surface area contributed by atoms with Crippen molar-refractivity contribution >= 4 is 11.4 Å². The second kappa shape index (κ2) is 4.57. The molecular formula is C13H19N3O2. The number of likely N-dealkylation sites (tertiary alicyclic amines) is 1. The van der Waals surface area contributed by atoms with E-state index in [1.807, 2.05) is 6.07 Å². The smallest absolute Gasteiger partial charge is 0.292 e. The maximum absolute atomic E-state index is 10.8. The number of hydrogen-bond donors (Lipinski definition) is 1. The van der Waals surface area contributed by atoms with E-state index in [1.54, 1.807) is 12.1 Å². The number of hydrogen-bond acceptors (Lipinski definition) is 4. The Bertz CT molecular complexity index is 471. The first-order valence-corrected chi connectivity index (χ1v) is 6.12. The zero-order valence-corrected chi connectivity index (χ0v) is 10.8. The fourth-order valence-electron chi connectivity index (χ4n) is 2.46.